The van der Waals surface area contributed by atoms with Crippen molar-refractivity contribution in [2.24, 2.45) is 0 Å². The fraction of sp³-hybridized carbons (Fsp3) is 0.500. The van der Waals surface area contributed by atoms with Crippen LogP contribution in [0, 0.1) is 0 Å². The topological polar surface area (TPSA) is 89.4 Å². The molecule has 0 aromatic carbocycles. The summed E-state index contributed by atoms with van der Waals surface area (Å²) in [6, 6.07) is 3.48. The molecular formula is C12H15N3O4S. The van der Waals surface area contributed by atoms with Gasteiger partial charge in [0.05, 0.1) is 17.4 Å². The molecule has 2 aromatic rings. The zero-order chi connectivity index (χ0) is 14.3. The number of hydrogen-bond donors (Lipinski definition) is 0. The van der Waals surface area contributed by atoms with E-state index in [1.54, 1.807) is 26.0 Å². The Balaban J connectivity index is 1.69. The monoisotopic (exact) mass is 297 g/mol. The molecule has 0 bridgehead atoms. The molecule has 108 valence electrons. The van der Waals surface area contributed by atoms with E-state index in [4.69, 9.17) is 8.94 Å². The van der Waals surface area contributed by atoms with Gasteiger partial charge in [0.1, 0.15) is 0 Å². The number of rotatable bonds is 4. The highest BCUT2D eigenvalue weighted by molar-refractivity contribution is 7.89. The molecule has 3 heterocycles. The lowest BCUT2D eigenvalue weighted by molar-refractivity contribution is 0.215. The summed E-state index contributed by atoms with van der Waals surface area (Å²) >= 11 is 0. The Labute approximate surface area is 116 Å². The molecule has 1 saturated heterocycles. The van der Waals surface area contributed by atoms with Crippen molar-refractivity contribution in [3.63, 3.8) is 0 Å². The summed E-state index contributed by atoms with van der Waals surface area (Å²) in [6.07, 6.45) is 1.53. The summed E-state index contributed by atoms with van der Waals surface area (Å²) in [7, 11) is -3.19. The number of sulfonamides is 1. The van der Waals surface area contributed by atoms with Crippen LogP contribution in [0.1, 0.15) is 25.7 Å². The standard InChI is InChI=1S/C12H15N3O4S/c1-8(2)20(16,17)15-6-9(7-15)12-13-11(14-19-12)10-4-3-5-18-10/h3-5,8-9H,6-7H2,1-2H3. The van der Waals surface area contributed by atoms with E-state index in [-0.39, 0.29) is 5.92 Å². The minimum atomic E-state index is -3.19. The Hall–Kier alpha value is -1.67. The van der Waals surface area contributed by atoms with Gasteiger partial charge in [-0.2, -0.15) is 4.98 Å². The second-order valence-corrected chi connectivity index (χ2v) is 7.53. The second kappa shape index (κ2) is 4.71. The van der Waals surface area contributed by atoms with Crippen LogP contribution >= 0.6 is 0 Å². The van der Waals surface area contributed by atoms with Crippen LogP contribution in [-0.4, -0.2) is 41.2 Å². The Morgan fingerprint density at radius 3 is 2.75 bits per heavy atom. The van der Waals surface area contributed by atoms with Crippen molar-refractivity contribution < 1.29 is 17.4 Å². The molecule has 0 N–H and O–H groups in total. The number of aromatic nitrogens is 2. The number of furan rings is 1. The van der Waals surface area contributed by atoms with Crippen molar-refractivity contribution in [3.8, 4) is 11.6 Å². The first-order valence-electron chi connectivity index (χ1n) is 6.35. The third-order valence-corrected chi connectivity index (χ3v) is 5.55. The largest absolute Gasteiger partial charge is 0.461 e. The lowest BCUT2D eigenvalue weighted by Gasteiger charge is -2.36. The average molecular weight is 297 g/mol. The molecule has 0 saturated carbocycles. The zero-order valence-electron chi connectivity index (χ0n) is 11.2. The normalized spacial score (nSPS) is 17.6. The molecule has 3 rings (SSSR count). The van der Waals surface area contributed by atoms with Crippen molar-refractivity contribution >= 4 is 10.0 Å². The van der Waals surface area contributed by atoms with E-state index in [0.717, 1.165) is 0 Å². The lowest BCUT2D eigenvalue weighted by Crippen LogP contribution is -2.50. The highest BCUT2D eigenvalue weighted by Gasteiger charge is 2.40. The van der Waals surface area contributed by atoms with Crippen molar-refractivity contribution in [3.05, 3.63) is 24.3 Å². The molecule has 1 fully saturated rings. The van der Waals surface area contributed by atoms with Crippen LogP contribution in [0.5, 0.6) is 0 Å². The van der Waals surface area contributed by atoms with Gasteiger partial charge in [0, 0.05) is 13.1 Å². The van der Waals surface area contributed by atoms with Gasteiger partial charge in [-0.3, -0.25) is 0 Å². The maximum atomic E-state index is 11.9. The van der Waals surface area contributed by atoms with Gasteiger partial charge in [-0.05, 0) is 26.0 Å². The molecule has 20 heavy (non-hydrogen) atoms. The van der Waals surface area contributed by atoms with E-state index >= 15 is 0 Å². The second-order valence-electron chi connectivity index (χ2n) is 5.04. The first-order chi connectivity index (χ1) is 9.48. The Bertz CT molecular complexity index is 684. The predicted octanol–water partition coefficient (Wildman–Crippen LogP) is 1.47. The van der Waals surface area contributed by atoms with E-state index in [9.17, 15) is 8.42 Å². The van der Waals surface area contributed by atoms with E-state index < -0.39 is 15.3 Å². The van der Waals surface area contributed by atoms with Crippen LogP contribution in [0.15, 0.2) is 27.3 Å². The van der Waals surface area contributed by atoms with Gasteiger partial charge in [-0.15, -0.1) is 0 Å². The van der Waals surface area contributed by atoms with Gasteiger partial charge in [0.2, 0.25) is 21.7 Å². The highest BCUT2D eigenvalue weighted by atomic mass is 32.2. The molecule has 8 heteroatoms. The summed E-state index contributed by atoms with van der Waals surface area (Å²) < 4.78 is 35.6. The molecule has 7 nitrogen and oxygen atoms in total. The first-order valence-corrected chi connectivity index (χ1v) is 7.85. The van der Waals surface area contributed by atoms with E-state index in [0.29, 0.717) is 30.6 Å². The Morgan fingerprint density at radius 1 is 1.40 bits per heavy atom. The summed E-state index contributed by atoms with van der Waals surface area (Å²) in [5, 5.41) is 3.42. The van der Waals surface area contributed by atoms with Crippen LogP contribution in [0.25, 0.3) is 11.6 Å². The number of nitrogens with zero attached hydrogens (tertiary/aromatic N) is 3. The molecule has 0 radical (unpaired) electrons. The van der Waals surface area contributed by atoms with E-state index in [1.807, 2.05) is 0 Å². The summed E-state index contributed by atoms with van der Waals surface area (Å²) in [4.78, 5) is 4.24. The van der Waals surface area contributed by atoms with Crippen molar-refractivity contribution in [1.29, 1.82) is 0 Å². The summed E-state index contributed by atoms with van der Waals surface area (Å²) in [5.74, 6) is 1.33. The van der Waals surface area contributed by atoms with Crippen LogP contribution in [0.4, 0.5) is 0 Å². The first kappa shape index (κ1) is 13.3. The van der Waals surface area contributed by atoms with Crippen molar-refractivity contribution in [1.82, 2.24) is 14.4 Å². The van der Waals surface area contributed by atoms with Gasteiger partial charge in [0.25, 0.3) is 0 Å². The van der Waals surface area contributed by atoms with Crippen LogP contribution in [-0.2, 0) is 10.0 Å². The number of hydrogen-bond acceptors (Lipinski definition) is 6. The molecule has 2 aromatic heterocycles. The van der Waals surface area contributed by atoms with E-state index in [1.165, 1.54) is 10.6 Å². The minimum absolute atomic E-state index is 0.0419. The fourth-order valence-electron chi connectivity index (χ4n) is 2.01. The molecule has 1 aliphatic heterocycles. The van der Waals surface area contributed by atoms with Crippen molar-refractivity contribution in [2.45, 2.75) is 25.0 Å². The molecule has 0 amide bonds. The van der Waals surface area contributed by atoms with Gasteiger partial charge in [-0.1, -0.05) is 5.16 Å². The predicted molar refractivity (Wildman–Crippen MR) is 70.4 cm³/mol. The SMILES string of the molecule is CC(C)S(=O)(=O)N1CC(c2nc(-c3ccco3)no2)C1. The Kier molecular flexibility index (Phi) is 3.14. The van der Waals surface area contributed by atoms with Crippen LogP contribution < -0.4 is 0 Å². The maximum Gasteiger partial charge on any atom is 0.238 e. The van der Waals surface area contributed by atoms with Crippen LogP contribution in [0.2, 0.25) is 0 Å². The minimum Gasteiger partial charge on any atom is -0.461 e. The smallest absolute Gasteiger partial charge is 0.238 e. The molecule has 0 unspecified atom stereocenters. The molecule has 0 spiro atoms. The van der Waals surface area contributed by atoms with Gasteiger partial charge >= 0.3 is 0 Å². The summed E-state index contributed by atoms with van der Waals surface area (Å²) in [5.41, 5.74) is 0. The summed E-state index contributed by atoms with van der Waals surface area (Å²) in [6.45, 7) is 4.12. The van der Waals surface area contributed by atoms with Crippen LogP contribution in [0.3, 0.4) is 0 Å². The third-order valence-electron chi connectivity index (χ3n) is 3.34. The van der Waals surface area contributed by atoms with Crippen molar-refractivity contribution in [2.75, 3.05) is 13.1 Å². The quantitative estimate of drug-likeness (QED) is 0.849. The van der Waals surface area contributed by atoms with Gasteiger partial charge < -0.3 is 8.94 Å². The third kappa shape index (κ3) is 2.14. The molecular weight excluding hydrogens is 282 g/mol. The fourth-order valence-corrected chi connectivity index (χ4v) is 3.38. The van der Waals surface area contributed by atoms with Gasteiger partial charge in [-0.25, -0.2) is 12.7 Å². The zero-order valence-corrected chi connectivity index (χ0v) is 12.0. The van der Waals surface area contributed by atoms with E-state index in [2.05, 4.69) is 10.1 Å². The van der Waals surface area contributed by atoms with Gasteiger partial charge in [0.15, 0.2) is 5.76 Å². The molecule has 1 aliphatic rings. The average Bonchev–Trinajstić information content (AvgIpc) is 2.95. The lowest BCUT2D eigenvalue weighted by atomic mass is 10.0. The Morgan fingerprint density at radius 2 is 2.15 bits per heavy atom. The molecule has 0 atom stereocenters. The highest BCUT2D eigenvalue weighted by Crippen LogP contribution is 2.30. The maximum absolute atomic E-state index is 11.9. The molecule has 0 aliphatic carbocycles.